The summed E-state index contributed by atoms with van der Waals surface area (Å²) in [6, 6.07) is 4.25. The van der Waals surface area contributed by atoms with Gasteiger partial charge in [-0.3, -0.25) is 4.79 Å². The zero-order valence-corrected chi connectivity index (χ0v) is 15.2. The van der Waals surface area contributed by atoms with Gasteiger partial charge in [-0.15, -0.1) is 0 Å². The van der Waals surface area contributed by atoms with E-state index in [2.05, 4.69) is 38.2 Å². The number of sulfonamides is 1. The highest BCUT2D eigenvalue weighted by molar-refractivity contribution is 7.88. The second kappa shape index (κ2) is 7.01. The SMILES string of the molecule is Cc1cc(C)c(CNC(=O)C2CCN(S(C)(=O)=O)CC2)c(C)c1. The molecule has 0 radical (unpaired) electrons. The molecule has 23 heavy (non-hydrogen) atoms. The number of piperidine rings is 1. The number of nitrogens with one attached hydrogen (secondary N) is 1. The predicted octanol–water partition coefficient (Wildman–Crippen LogP) is 1.90. The fraction of sp³-hybridized carbons (Fsp3) is 0.588. The number of rotatable bonds is 4. The Morgan fingerprint density at radius 3 is 2.17 bits per heavy atom. The van der Waals surface area contributed by atoms with Gasteiger partial charge < -0.3 is 5.32 Å². The van der Waals surface area contributed by atoms with Gasteiger partial charge in [-0.05, 0) is 50.3 Å². The second-order valence-corrected chi connectivity index (χ2v) is 8.51. The van der Waals surface area contributed by atoms with Gasteiger partial charge in [0.25, 0.3) is 0 Å². The number of amides is 1. The van der Waals surface area contributed by atoms with Crippen LogP contribution in [0.1, 0.15) is 35.1 Å². The van der Waals surface area contributed by atoms with Crippen LogP contribution in [-0.4, -0.2) is 38.0 Å². The van der Waals surface area contributed by atoms with E-state index in [4.69, 9.17) is 0 Å². The Labute approximate surface area is 139 Å². The molecule has 1 amide bonds. The smallest absolute Gasteiger partial charge is 0.223 e. The molecule has 2 rings (SSSR count). The summed E-state index contributed by atoms with van der Waals surface area (Å²) >= 11 is 0. The van der Waals surface area contributed by atoms with Crippen LogP contribution in [0, 0.1) is 26.7 Å². The Hall–Kier alpha value is -1.40. The molecule has 1 aromatic carbocycles. The molecule has 0 atom stereocenters. The molecule has 1 N–H and O–H groups in total. The van der Waals surface area contributed by atoms with Crippen molar-refractivity contribution >= 4 is 15.9 Å². The van der Waals surface area contributed by atoms with E-state index in [-0.39, 0.29) is 11.8 Å². The summed E-state index contributed by atoms with van der Waals surface area (Å²) in [6.45, 7) is 7.58. The molecule has 0 bridgehead atoms. The van der Waals surface area contributed by atoms with Crippen molar-refractivity contribution in [2.45, 2.75) is 40.2 Å². The average Bonchev–Trinajstić information content (AvgIpc) is 2.45. The zero-order valence-electron chi connectivity index (χ0n) is 14.3. The van der Waals surface area contributed by atoms with Crippen LogP contribution in [0.2, 0.25) is 0 Å². The van der Waals surface area contributed by atoms with E-state index in [1.807, 2.05) is 0 Å². The van der Waals surface area contributed by atoms with Gasteiger partial charge in [-0.1, -0.05) is 17.7 Å². The van der Waals surface area contributed by atoms with E-state index in [1.165, 1.54) is 27.3 Å². The van der Waals surface area contributed by atoms with Crippen LogP contribution in [-0.2, 0) is 21.4 Å². The third-order valence-corrected chi connectivity index (χ3v) is 5.88. The Bertz CT molecular complexity index is 667. The summed E-state index contributed by atoms with van der Waals surface area (Å²) in [4.78, 5) is 12.3. The summed E-state index contributed by atoms with van der Waals surface area (Å²) in [6.07, 6.45) is 2.39. The largest absolute Gasteiger partial charge is 0.352 e. The molecule has 0 aromatic heterocycles. The van der Waals surface area contributed by atoms with Gasteiger partial charge in [0.05, 0.1) is 6.26 Å². The number of hydrogen-bond donors (Lipinski definition) is 1. The van der Waals surface area contributed by atoms with Gasteiger partial charge in [0.1, 0.15) is 0 Å². The first-order chi connectivity index (χ1) is 10.7. The lowest BCUT2D eigenvalue weighted by Gasteiger charge is -2.29. The third kappa shape index (κ3) is 4.54. The number of aryl methyl sites for hydroxylation is 3. The van der Waals surface area contributed by atoms with E-state index in [0.717, 1.165) is 5.56 Å². The summed E-state index contributed by atoms with van der Waals surface area (Å²) in [7, 11) is -3.14. The summed E-state index contributed by atoms with van der Waals surface area (Å²) < 4.78 is 24.5. The van der Waals surface area contributed by atoms with Crippen LogP contribution in [0.5, 0.6) is 0 Å². The third-order valence-electron chi connectivity index (χ3n) is 4.57. The fourth-order valence-corrected chi connectivity index (χ4v) is 4.13. The van der Waals surface area contributed by atoms with Crippen molar-refractivity contribution < 1.29 is 13.2 Å². The van der Waals surface area contributed by atoms with Crippen molar-refractivity contribution in [3.05, 3.63) is 34.4 Å². The van der Waals surface area contributed by atoms with Crippen molar-refractivity contribution in [3.8, 4) is 0 Å². The Morgan fingerprint density at radius 2 is 1.70 bits per heavy atom. The summed E-state index contributed by atoms with van der Waals surface area (Å²) in [5.74, 6) is -0.0726. The number of benzene rings is 1. The number of nitrogens with zero attached hydrogens (tertiary/aromatic N) is 1. The van der Waals surface area contributed by atoms with Gasteiger partial charge in [-0.25, -0.2) is 12.7 Å². The van der Waals surface area contributed by atoms with Crippen LogP contribution in [0.4, 0.5) is 0 Å². The monoisotopic (exact) mass is 338 g/mol. The molecule has 0 spiro atoms. The van der Waals surface area contributed by atoms with Gasteiger partial charge in [0, 0.05) is 25.6 Å². The number of hydrogen-bond acceptors (Lipinski definition) is 3. The lowest BCUT2D eigenvalue weighted by molar-refractivity contribution is -0.126. The van der Waals surface area contributed by atoms with Gasteiger partial charge in [0.15, 0.2) is 0 Å². The van der Waals surface area contributed by atoms with Crippen LogP contribution in [0.25, 0.3) is 0 Å². The molecule has 6 heteroatoms. The van der Waals surface area contributed by atoms with E-state index in [1.54, 1.807) is 0 Å². The molecule has 0 aliphatic carbocycles. The molecule has 5 nitrogen and oxygen atoms in total. The van der Waals surface area contributed by atoms with Crippen LogP contribution < -0.4 is 5.32 Å². The number of carbonyl (C=O) groups is 1. The first kappa shape index (κ1) is 17.9. The lowest BCUT2D eigenvalue weighted by Crippen LogP contribution is -2.42. The Balaban J connectivity index is 1.92. The topological polar surface area (TPSA) is 66.5 Å². The molecule has 1 aliphatic heterocycles. The molecular weight excluding hydrogens is 312 g/mol. The fourth-order valence-electron chi connectivity index (χ4n) is 3.26. The zero-order chi connectivity index (χ0) is 17.2. The number of carbonyl (C=O) groups excluding carboxylic acids is 1. The second-order valence-electron chi connectivity index (χ2n) is 6.53. The predicted molar refractivity (Wildman–Crippen MR) is 91.6 cm³/mol. The highest BCUT2D eigenvalue weighted by Gasteiger charge is 2.28. The van der Waals surface area contributed by atoms with E-state index in [9.17, 15) is 13.2 Å². The van der Waals surface area contributed by atoms with Crippen molar-refractivity contribution in [3.63, 3.8) is 0 Å². The van der Waals surface area contributed by atoms with Gasteiger partial charge in [-0.2, -0.15) is 0 Å². The van der Waals surface area contributed by atoms with Crippen LogP contribution in [0.3, 0.4) is 0 Å². The van der Waals surface area contributed by atoms with Gasteiger partial charge >= 0.3 is 0 Å². The minimum atomic E-state index is -3.14. The molecule has 0 saturated carbocycles. The highest BCUT2D eigenvalue weighted by Crippen LogP contribution is 2.20. The van der Waals surface area contributed by atoms with Crippen molar-refractivity contribution in [2.24, 2.45) is 5.92 Å². The molecule has 1 fully saturated rings. The average molecular weight is 338 g/mol. The van der Waals surface area contributed by atoms with E-state index < -0.39 is 10.0 Å². The lowest BCUT2D eigenvalue weighted by atomic mass is 9.96. The maximum absolute atomic E-state index is 12.3. The maximum Gasteiger partial charge on any atom is 0.223 e. The molecule has 1 heterocycles. The molecule has 128 valence electrons. The molecular formula is C17H26N2O3S. The van der Waals surface area contributed by atoms with Gasteiger partial charge in [0.2, 0.25) is 15.9 Å². The maximum atomic E-state index is 12.3. The summed E-state index contributed by atoms with van der Waals surface area (Å²) in [5, 5.41) is 3.02. The molecule has 0 unspecified atom stereocenters. The van der Waals surface area contributed by atoms with E-state index in [0.29, 0.717) is 32.5 Å². The minimum Gasteiger partial charge on any atom is -0.352 e. The minimum absolute atomic E-state index is 0.0255. The van der Waals surface area contributed by atoms with E-state index >= 15 is 0 Å². The molecule has 1 saturated heterocycles. The normalized spacial score (nSPS) is 17.2. The van der Waals surface area contributed by atoms with Crippen molar-refractivity contribution in [1.29, 1.82) is 0 Å². The molecule has 1 aromatic rings. The first-order valence-corrected chi connectivity index (χ1v) is 9.83. The van der Waals surface area contributed by atoms with Crippen LogP contribution in [0.15, 0.2) is 12.1 Å². The standard InChI is InChI=1S/C17H26N2O3S/c1-12-9-13(2)16(14(3)10-12)11-18-17(20)15-5-7-19(8-6-15)23(4,21)22/h9-10,15H,5-8,11H2,1-4H3,(H,18,20). The highest BCUT2D eigenvalue weighted by atomic mass is 32.2. The van der Waals surface area contributed by atoms with Crippen molar-refractivity contribution in [2.75, 3.05) is 19.3 Å². The Morgan fingerprint density at radius 1 is 1.17 bits per heavy atom. The van der Waals surface area contributed by atoms with Crippen molar-refractivity contribution in [1.82, 2.24) is 9.62 Å². The first-order valence-electron chi connectivity index (χ1n) is 7.98. The Kier molecular flexibility index (Phi) is 5.47. The summed E-state index contributed by atoms with van der Waals surface area (Å²) in [5.41, 5.74) is 4.77. The van der Waals surface area contributed by atoms with Crippen LogP contribution >= 0.6 is 0 Å². The quantitative estimate of drug-likeness (QED) is 0.912. The molecule has 1 aliphatic rings.